The average molecular weight is 372 g/mol. The third-order valence-corrected chi connectivity index (χ3v) is 4.75. The molecule has 138 valence electrons. The van der Waals surface area contributed by atoms with Gasteiger partial charge in [-0.2, -0.15) is 13.2 Å². The molecule has 1 aliphatic rings. The van der Waals surface area contributed by atoms with E-state index < -0.39 is 23.1 Å². The summed E-state index contributed by atoms with van der Waals surface area (Å²) in [6.45, 7) is 0.646. The van der Waals surface area contributed by atoms with Crippen LogP contribution in [0.25, 0.3) is 10.9 Å². The number of alkyl halides is 3. The Morgan fingerprint density at radius 2 is 1.85 bits per heavy atom. The maximum atomic E-state index is 13.1. The number of pyridine rings is 1. The first-order valence-electron chi connectivity index (χ1n) is 8.49. The molecular weight excluding hydrogens is 357 g/mol. The number of benzene rings is 2. The number of carbonyl (C=O) groups excluding carboxylic acids is 1. The summed E-state index contributed by atoms with van der Waals surface area (Å²) < 4.78 is 41.3. The second-order valence-corrected chi connectivity index (χ2v) is 6.48. The van der Waals surface area contributed by atoms with E-state index in [2.05, 4.69) is 5.32 Å². The number of hydrogen-bond acceptors (Lipinski definition) is 2. The minimum absolute atomic E-state index is 0.168. The van der Waals surface area contributed by atoms with E-state index in [1.165, 1.54) is 24.4 Å². The van der Waals surface area contributed by atoms with Gasteiger partial charge < -0.3 is 9.88 Å². The van der Waals surface area contributed by atoms with Crippen LogP contribution in [-0.2, 0) is 19.1 Å². The van der Waals surface area contributed by atoms with Gasteiger partial charge in [-0.05, 0) is 36.6 Å². The van der Waals surface area contributed by atoms with E-state index in [1.54, 1.807) is 12.1 Å². The largest absolute Gasteiger partial charge is 0.418 e. The second kappa shape index (κ2) is 6.26. The van der Waals surface area contributed by atoms with Crippen molar-refractivity contribution in [2.75, 3.05) is 5.32 Å². The molecule has 0 bridgehead atoms. The number of anilines is 1. The molecule has 1 amide bonds. The number of amides is 1. The van der Waals surface area contributed by atoms with Crippen LogP contribution in [0.15, 0.2) is 53.5 Å². The SMILES string of the molecule is O=C(Nc1ccccc1C(F)(F)F)c1cn2c3c(cccc3c1=O)CCC2. The molecule has 0 saturated carbocycles. The van der Waals surface area contributed by atoms with E-state index in [0.717, 1.165) is 30.0 Å². The van der Waals surface area contributed by atoms with E-state index in [1.807, 2.05) is 10.6 Å². The van der Waals surface area contributed by atoms with Crippen molar-refractivity contribution in [2.24, 2.45) is 0 Å². The van der Waals surface area contributed by atoms with Crippen LogP contribution in [0.5, 0.6) is 0 Å². The first-order valence-corrected chi connectivity index (χ1v) is 8.49. The van der Waals surface area contributed by atoms with E-state index in [4.69, 9.17) is 0 Å². The van der Waals surface area contributed by atoms with Crippen molar-refractivity contribution in [1.82, 2.24) is 4.57 Å². The third-order valence-electron chi connectivity index (χ3n) is 4.75. The summed E-state index contributed by atoms with van der Waals surface area (Å²) in [4.78, 5) is 25.4. The second-order valence-electron chi connectivity index (χ2n) is 6.48. The van der Waals surface area contributed by atoms with Crippen molar-refractivity contribution in [3.8, 4) is 0 Å². The molecule has 0 saturated heterocycles. The lowest BCUT2D eigenvalue weighted by Crippen LogP contribution is -2.26. The van der Waals surface area contributed by atoms with Crippen molar-refractivity contribution in [2.45, 2.75) is 25.6 Å². The molecule has 2 heterocycles. The summed E-state index contributed by atoms with van der Waals surface area (Å²) in [6.07, 6.45) is -1.45. The number of aryl methyl sites for hydroxylation is 2. The van der Waals surface area contributed by atoms with Gasteiger partial charge in [0.25, 0.3) is 5.91 Å². The molecule has 2 aromatic carbocycles. The molecule has 0 atom stereocenters. The summed E-state index contributed by atoms with van der Waals surface area (Å²) in [5.41, 5.74) is -0.151. The summed E-state index contributed by atoms with van der Waals surface area (Å²) in [5, 5.41) is 2.66. The molecular formula is C20H15F3N2O2. The normalized spacial score (nSPS) is 13.6. The maximum Gasteiger partial charge on any atom is 0.418 e. The van der Waals surface area contributed by atoms with Gasteiger partial charge in [0.1, 0.15) is 5.56 Å². The zero-order valence-electron chi connectivity index (χ0n) is 14.1. The average Bonchev–Trinajstić information content (AvgIpc) is 2.64. The quantitative estimate of drug-likeness (QED) is 0.732. The van der Waals surface area contributed by atoms with Crippen LogP contribution in [-0.4, -0.2) is 10.5 Å². The summed E-state index contributed by atoms with van der Waals surface area (Å²) in [7, 11) is 0. The first-order chi connectivity index (χ1) is 12.9. The monoisotopic (exact) mass is 372 g/mol. The van der Waals surface area contributed by atoms with Gasteiger partial charge in [-0.3, -0.25) is 9.59 Å². The van der Waals surface area contributed by atoms with Crippen LogP contribution in [0, 0.1) is 0 Å². The minimum Gasteiger partial charge on any atom is -0.346 e. The van der Waals surface area contributed by atoms with E-state index in [0.29, 0.717) is 11.9 Å². The van der Waals surface area contributed by atoms with Gasteiger partial charge >= 0.3 is 6.18 Å². The highest BCUT2D eigenvalue weighted by Crippen LogP contribution is 2.34. The number of rotatable bonds is 2. The number of hydrogen-bond donors (Lipinski definition) is 1. The molecule has 1 aliphatic heterocycles. The maximum absolute atomic E-state index is 13.1. The number of carbonyl (C=O) groups is 1. The van der Waals surface area contributed by atoms with Crippen molar-refractivity contribution >= 4 is 22.5 Å². The summed E-state index contributed by atoms with van der Waals surface area (Å²) in [5.74, 6) is -0.849. The van der Waals surface area contributed by atoms with Gasteiger partial charge in [0.05, 0.1) is 16.8 Å². The van der Waals surface area contributed by atoms with Crippen LogP contribution in [0.1, 0.15) is 27.9 Å². The lowest BCUT2D eigenvalue weighted by Gasteiger charge is -2.21. The Morgan fingerprint density at radius 3 is 2.63 bits per heavy atom. The van der Waals surface area contributed by atoms with E-state index in [-0.39, 0.29) is 11.3 Å². The van der Waals surface area contributed by atoms with Crippen LogP contribution >= 0.6 is 0 Å². The third kappa shape index (κ3) is 2.99. The van der Waals surface area contributed by atoms with Crippen molar-refractivity contribution in [1.29, 1.82) is 0 Å². The summed E-state index contributed by atoms with van der Waals surface area (Å²) >= 11 is 0. The number of halogens is 3. The van der Waals surface area contributed by atoms with Crippen molar-refractivity contribution < 1.29 is 18.0 Å². The molecule has 1 N–H and O–H groups in total. The number of para-hydroxylation sites is 2. The topological polar surface area (TPSA) is 51.1 Å². The lowest BCUT2D eigenvalue weighted by atomic mass is 9.99. The standard InChI is InChI=1S/C20H15F3N2O2/c21-20(22,23)15-8-1-2-9-16(15)24-19(27)14-11-25-10-4-6-12-5-3-7-13(17(12)25)18(14)26/h1-3,5,7-9,11H,4,6,10H2,(H,24,27). The highest BCUT2D eigenvalue weighted by atomic mass is 19.4. The van der Waals surface area contributed by atoms with Gasteiger partial charge in [0.2, 0.25) is 5.43 Å². The number of nitrogens with zero attached hydrogens (tertiary/aromatic N) is 1. The Hall–Kier alpha value is -3.09. The molecule has 4 nitrogen and oxygen atoms in total. The fourth-order valence-electron chi connectivity index (χ4n) is 3.55. The zero-order valence-corrected chi connectivity index (χ0v) is 14.1. The molecule has 27 heavy (non-hydrogen) atoms. The van der Waals surface area contributed by atoms with Crippen LogP contribution < -0.4 is 10.7 Å². The highest BCUT2D eigenvalue weighted by molar-refractivity contribution is 6.06. The minimum atomic E-state index is -4.61. The van der Waals surface area contributed by atoms with Gasteiger partial charge in [0, 0.05) is 18.1 Å². The van der Waals surface area contributed by atoms with Gasteiger partial charge in [-0.25, -0.2) is 0 Å². The van der Waals surface area contributed by atoms with Crippen molar-refractivity contribution in [3.63, 3.8) is 0 Å². The Labute approximate surface area is 152 Å². The van der Waals surface area contributed by atoms with E-state index in [9.17, 15) is 22.8 Å². The smallest absolute Gasteiger partial charge is 0.346 e. The van der Waals surface area contributed by atoms with Gasteiger partial charge in [-0.15, -0.1) is 0 Å². The van der Waals surface area contributed by atoms with Crippen LogP contribution in [0.2, 0.25) is 0 Å². The zero-order chi connectivity index (χ0) is 19.2. The van der Waals surface area contributed by atoms with Crippen LogP contribution in [0.4, 0.5) is 18.9 Å². The Bertz CT molecular complexity index is 1120. The van der Waals surface area contributed by atoms with Gasteiger partial charge in [0.15, 0.2) is 0 Å². The van der Waals surface area contributed by atoms with Crippen molar-refractivity contribution in [3.05, 3.63) is 75.6 Å². The van der Waals surface area contributed by atoms with Crippen LogP contribution in [0.3, 0.4) is 0 Å². The predicted molar refractivity (Wildman–Crippen MR) is 95.9 cm³/mol. The fraction of sp³-hybridized carbons (Fsp3) is 0.200. The molecule has 0 spiro atoms. The molecule has 0 fully saturated rings. The van der Waals surface area contributed by atoms with Gasteiger partial charge in [-0.1, -0.05) is 24.3 Å². The first kappa shape index (κ1) is 17.3. The predicted octanol–water partition coefficient (Wildman–Crippen LogP) is 4.22. The number of aromatic nitrogens is 1. The Kier molecular flexibility index (Phi) is 4.02. The lowest BCUT2D eigenvalue weighted by molar-refractivity contribution is -0.136. The molecule has 0 unspecified atom stereocenters. The molecule has 7 heteroatoms. The Morgan fingerprint density at radius 1 is 1.07 bits per heavy atom. The molecule has 0 radical (unpaired) electrons. The number of nitrogens with one attached hydrogen (secondary N) is 1. The molecule has 1 aromatic heterocycles. The highest BCUT2D eigenvalue weighted by Gasteiger charge is 2.33. The summed E-state index contributed by atoms with van der Waals surface area (Å²) in [6, 6.07) is 10.0. The van der Waals surface area contributed by atoms with E-state index >= 15 is 0 Å². The molecule has 3 aromatic rings. The Balaban J connectivity index is 1.80. The molecule has 0 aliphatic carbocycles. The molecule has 4 rings (SSSR count). The fourth-order valence-corrected chi connectivity index (χ4v) is 3.55.